The van der Waals surface area contributed by atoms with E-state index in [4.69, 9.17) is 16.3 Å². The molecule has 24 heavy (non-hydrogen) atoms. The average Bonchev–Trinajstić information content (AvgIpc) is 3.02. The predicted molar refractivity (Wildman–Crippen MR) is 87.0 cm³/mol. The van der Waals surface area contributed by atoms with Gasteiger partial charge in [-0.3, -0.25) is 9.59 Å². The van der Waals surface area contributed by atoms with Crippen LogP contribution in [0.1, 0.15) is 29.6 Å². The molecule has 1 saturated heterocycles. The van der Waals surface area contributed by atoms with Gasteiger partial charge in [-0.05, 0) is 30.7 Å². The van der Waals surface area contributed by atoms with E-state index in [-0.39, 0.29) is 31.3 Å². The van der Waals surface area contributed by atoms with Crippen LogP contribution in [0.5, 0.6) is 0 Å². The second-order valence-electron chi connectivity index (χ2n) is 5.60. The third-order valence-electron chi connectivity index (χ3n) is 3.78. The number of carbonyl (C=O) groups is 3. The predicted octanol–water partition coefficient (Wildman–Crippen LogP) is 1.21. The van der Waals surface area contributed by atoms with Gasteiger partial charge in [-0.15, -0.1) is 0 Å². The van der Waals surface area contributed by atoms with Crippen LogP contribution >= 0.6 is 11.6 Å². The minimum atomic E-state index is -1.33. The van der Waals surface area contributed by atoms with Gasteiger partial charge < -0.3 is 20.5 Å². The Bertz CT molecular complexity index is 611. The van der Waals surface area contributed by atoms with Gasteiger partial charge in [-0.1, -0.05) is 11.6 Å². The summed E-state index contributed by atoms with van der Waals surface area (Å²) in [6, 6.07) is 6.47. The molecule has 0 spiro atoms. The van der Waals surface area contributed by atoms with Crippen molar-refractivity contribution in [3.8, 4) is 0 Å². The van der Waals surface area contributed by atoms with Gasteiger partial charge in [0.05, 0.1) is 6.61 Å². The van der Waals surface area contributed by atoms with Crippen molar-refractivity contribution in [1.29, 1.82) is 0 Å². The van der Waals surface area contributed by atoms with Crippen molar-refractivity contribution in [1.82, 2.24) is 10.6 Å². The molecular formula is C16H19ClN2O5. The summed E-state index contributed by atoms with van der Waals surface area (Å²) in [5.74, 6) is -1.72. The Morgan fingerprint density at radius 1 is 1.25 bits per heavy atom. The van der Waals surface area contributed by atoms with Gasteiger partial charge in [0.2, 0.25) is 5.91 Å². The summed E-state index contributed by atoms with van der Waals surface area (Å²) < 4.78 is 5.08. The molecule has 0 aliphatic carbocycles. The maximum atomic E-state index is 11.9. The fourth-order valence-corrected chi connectivity index (χ4v) is 2.50. The first-order valence-corrected chi connectivity index (χ1v) is 7.97. The Balaban J connectivity index is 1.72. The molecule has 1 aromatic carbocycles. The number of aliphatic carboxylic acids is 1. The molecule has 2 rings (SSSR count). The smallest absolute Gasteiger partial charge is 0.331 e. The molecule has 0 radical (unpaired) electrons. The van der Waals surface area contributed by atoms with E-state index >= 15 is 0 Å². The number of benzene rings is 1. The summed E-state index contributed by atoms with van der Waals surface area (Å²) in [4.78, 5) is 35.1. The van der Waals surface area contributed by atoms with E-state index in [0.717, 1.165) is 0 Å². The third kappa shape index (κ3) is 4.69. The molecule has 130 valence electrons. The maximum Gasteiger partial charge on any atom is 0.331 e. The highest BCUT2D eigenvalue weighted by molar-refractivity contribution is 6.30. The van der Waals surface area contributed by atoms with Crippen LogP contribution < -0.4 is 10.6 Å². The minimum absolute atomic E-state index is 0.0264. The molecule has 0 aromatic heterocycles. The third-order valence-corrected chi connectivity index (χ3v) is 4.03. The van der Waals surface area contributed by atoms with Crippen molar-refractivity contribution in [2.24, 2.45) is 0 Å². The van der Waals surface area contributed by atoms with Gasteiger partial charge in [0.1, 0.15) is 0 Å². The number of nitrogens with one attached hydrogen (secondary N) is 2. The van der Waals surface area contributed by atoms with Gasteiger partial charge in [-0.2, -0.15) is 0 Å². The molecule has 7 nitrogen and oxygen atoms in total. The van der Waals surface area contributed by atoms with Crippen molar-refractivity contribution in [3.63, 3.8) is 0 Å². The molecule has 1 atom stereocenters. The Morgan fingerprint density at radius 3 is 2.54 bits per heavy atom. The van der Waals surface area contributed by atoms with Crippen LogP contribution in [0.15, 0.2) is 24.3 Å². The van der Waals surface area contributed by atoms with Gasteiger partial charge in [0.25, 0.3) is 5.91 Å². The highest BCUT2D eigenvalue weighted by Crippen LogP contribution is 2.19. The highest BCUT2D eigenvalue weighted by atomic mass is 35.5. The number of hydrogen-bond acceptors (Lipinski definition) is 4. The second kappa shape index (κ2) is 8.12. The van der Waals surface area contributed by atoms with Crippen LogP contribution in [-0.4, -0.2) is 48.2 Å². The van der Waals surface area contributed by atoms with Crippen molar-refractivity contribution < 1.29 is 24.2 Å². The zero-order valence-electron chi connectivity index (χ0n) is 13.0. The minimum Gasteiger partial charge on any atom is -0.479 e. The first-order valence-electron chi connectivity index (χ1n) is 7.59. The van der Waals surface area contributed by atoms with Crippen LogP contribution in [0.2, 0.25) is 5.02 Å². The molecule has 3 N–H and O–H groups in total. The van der Waals surface area contributed by atoms with Crippen molar-refractivity contribution in [2.75, 3.05) is 19.8 Å². The monoisotopic (exact) mass is 354 g/mol. The average molecular weight is 355 g/mol. The molecule has 1 aliphatic heterocycles. The Labute approximate surface area is 144 Å². The molecule has 2 amide bonds. The van der Waals surface area contributed by atoms with Crippen molar-refractivity contribution >= 4 is 29.4 Å². The SMILES string of the molecule is O=C(CCCNC(=O)c1ccc(Cl)cc1)NC1(C(=O)O)CCOC1. The molecule has 0 saturated carbocycles. The summed E-state index contributed by atoms with van der Waals surface area (Å²) in [6.45, 7) is 0.594. The lowest BCUT2D eigenvalue weighted by Gasteiger charge is -2.23. The van der Waals surface area contributed by atoms with E-state index in [1.807, 2.05) is 0 Å². The molecule has 0 bridgehead atoms. The van der Waals surface area contributed by atoms with E-state index in [1.165, 1.54) is 0 Å². The van der Waals surface area contributed by atoms with Crippen LogP contribution in [0.4, 0.5) is 0 Å². The lowest BCUT2D eigenvalue weighted by atomic mass is 9.98. The molecule has 1 heterocycles. The standard InChI is InChI=1S/C16H19ClN2O5/c17-12-5-3-11(4-6-12)14(21)18-8-1-2-13(20)19-16(15(22)23)7-9-24-10-16/h3-6H,1-2,7-10H2,(H,18,21)(H,19,20)(H,22,23). The lowest BCUT2D eigenvalue weighted by molar-refractivity contribution is -0.147. The van der Waals surface area contributed by atoms with Crippen molar-refractivity contribution in [3.05, 3.63) is 34.9 Å². The van der Waals surface area contributed by atoms with E-state index in [9.17, 15) is 19.5 Å². The second-order valence-corrected chi connectivity index (χ2v) is 6.04. The number of carboxylic acid groups (broad SMARTS) is 1. The zero-order valence-corrected chi connectivity index (χ0v) is 13.8. The molecule has 8 heteroatoms. The Morgan fingerprint density at radius 2 is 1.96 bits per heavy atom. The molecule has 1 aromatic rings. The molecule has 1 aliphatic rings. The van der Waals surface area contributed by atoms with Gasteiger partial charge >= 0.3 is 5.97 Å². The number of hydrogen-bond donors (Lipinski definition) is 3. The van der Waals surface area contributed by atoms with E-state index in [0.29, 0.717) is 30.2 Å². The van der Waals surface area contributed by atoms with Gasteiger partial charge in [0.15, 0.2) is 5.54 Å². The topological polar surface area (TPSA) is 105 Å². The van der Waals surface area contributed by atoms with Crippen LogP contribution in [0.3, 0.4) is 0 Å². The summed E-state index contributed by atoms with van der Waals surface area (Å²) in [7, 11) is 0. The quantitative estimate of drug-likeness (QED) is 0.638. The van der Waals surface area contributed by atoms with E-state index in [1.54, 1.807) is 24.3 Å². The number of amides is 2. The van der Waals surface area contributed by atoms with Crippen LogP contribution in [-0.2, 0) is 14.3 Å². The lowest BCUT2D eigenvalue weighted by Crippen LogP contribution is -2.55. The first kappa shape index (κ1) is 18.2. The fraction of sp³-hybridized carbons (Fsp3) is 0.438. The Hall–Kier alpha value is -2.12. The first-order chi connectivity index (χ1) is 11.4. The van der Waals surface area contributed by atoms with E-state index in [2.05, 4.69) is 10.6 Å². The van der Waals surface area contributed by atoms with Gasteiger partial charge in [0, 0.05) is 36.6 Å². The highest BCUT2D eigenvalue weighted by Gasteiger charge is 2.43. The van der Waals surface area contributed by atoms with Crippen LogP contribution in [0, 0.1) is 0 Å². The summed E-state index contributed by atoms with van der Waals surface area (Å²) >= 11 is 5.75. The largest absolute Gasteiger partial charge is 0.479 e. The summed E-state index contributed by atoms with van der Waals surface area (Å²) in [5, 5.41) is 15.0. The molecule has 1 fully saturated rings. The Kier molecular flexibility index (Phi) is 6.16. The molecular weight excluding hydrogens is 336 g/mol. The fourth-order valence-electron chi connectivity index (χ4n) is 2.37. The van der Waals surface area contributed by atoms with Gasteiger partial charge in [-0.25, -0.2) is 4.79 Å². The molecule has 1 unspecified atom stereocenters. The summed E-state index contributed by atoms with van der Waals surface area (Å²) in [6.07, 6.45) is 0.777. The number of carboxylic acids is 1. The van der Waals surface area contributed by atoms with Crippen LogP contribution in [0.25, 0.3) is 0 Å². The summed E-state index contributed by atoms with van der Waals surface area (Å²) in [5.41, 5.74) is -0.847. The van der Waals surface area contributed by atoms with E-state index < -0.39 is 11.5 Å². The normalized spacial score (nSPS) is 19.7. The zero-order chi connectivity index (χ0) is 17.6. The number of carbonyl (C=O) groups excluding carboxylic acids is 2. The maximum absolute atomic E-state index is 11.9. The number of halogens is 1. The van der Waals surface area contributed by atoms with Crippen molar-refractivity contribution in [2.45, 2.75) is 24.8 Å². The number of ether oxygens (including phenoxy) is 1. The number of rotatable bonds is 7.